The molecule has 3 rings (SSSR count). The predicted octanol–water partition coefficient (Wildman–Crippen LogP) is 1.71. The van der Waals surface area contributed by atoms with Crippen LogP contribution < -0.4 is 5.32 Å². The maximum absolute atomic E-state index is 12.4. The van der Waals surface area contributed by atoms with Gasteiger partial charge in [0.05, 0.1) is 6.04 Å². The van der Waals surface area contributed by atoms with Crippen LogP contribution in [0.2, 0.25) is 0 Å². The summed E-state index contributed by atoms with van der Waals surface area (Å²) in [7, 11) is 1.95. The molecule has 0 aromatic heterocycles. The largest absolute Gasteiger partial charge is 0.341 e. The lowest BCUT2D eigenvalue weighted by atomic mass is 9.90. The van der Waals surface area contributed by atoms with E-state index in [1.807, 2.05) is 11.9 Å². The molecule has 0 unspecified atom stereocenters. The first-order valence-electron chi connectivity index (χ1n) is 6.82. The van der Waals surface area contributed by atoms with Gasteiger partial charge in [0.1, 0.15) is 0 Å². The Morgan fingerprint density at radius 3 is 2.67 bits per heavy atom. The molecule has 3 heteroatoms. The minimum Gasteiger partial charge on any atom is -0.341 e. The number of nitrogens with one attached hydrogen (secondary N) is 1. The number of likely N-dealkylation sites (N-methyl/N-ethyl adjacent to an activating group) is 1. The zero-order chi connectivity index (χ0) is 12.5. The normalized spacial score (nSPS) is 23.1. The van der Waals surface area contributed by atoms with Crippen molar-refractivity contribution < 1.29 is 4.79 Å². The van der Waals surface area contributed by atoms with Crippen LogP contribution in [0.5, 0.6) is 0 Å². The van der Waals surface area contributed by atoms with Crippen LogP contribution in [0, 0.1) is 0 Å². The standard InChI is InChI=1S/C15H20N2O/c1-17(13-7-4-8-13)15(18)14-9-11-5-2-3-6-12(11)10-16-14/h2-3,5-6,13-14,16H,4,7-10H2,1H3/t14-/m0/s1. The highest BCUT2D eigenvalue weighted by Gasteiger charge is 2.31. The monoisotopic (exact) mass is 244 g/mol. The minimum absolute atomic E-state index is 0.0366. The third-order valence-corrected chi connectivity index (χ3v) is 4.35. The summed E-state index contributed by atoms with van der Waals surface area (Å²) in [6, 6.07) is 8.84. The van der Waals surface area contributed by atoms with E-state index in [0.717, 1.165) is 13.0 Å². The van der Waals surface area contributed by atoms with Crippen LogP contribution in [-0.4, -0.2) is 29.9 Å². The first-order valence-corrected chi connectivity index (χ1v) is 6.82. The molecule has 1 amide bonds. The second-order valence-electron chi connectivity index (χ2n) is 5.44. The van der Waals surface area contributed by atoms with E-state index in [-0.39, 0.29) is 11.9 Å². The number of hydrogen-bond acceptors (Lipinski definition) is 2. The number of carbonyl (C=O) groups excluding carboxylic acids is 1. The van der Waals surface area contributed by atoms with Crippen molar-refractivity contribution in [3.8, 4) is 0 Å². The van der Waals surface area contributed by atoms with Crippen LogP contribution in [0.3, 0.4) is 0 Å². The lowest BCUT2D eigenvalue weighted by Crippen LogP contribution is -2.52. The van der Waals surface area contributed by atoms with Crippen LogP contribution >= 0.6 is 0 Å². The van der Waals surface area contributed by atoms with Crippen molar-refractivity contribution in [2.45, 2.75) is 44.3 Å². The van der Waals surface area contributed by atoms with Crippen molar-refractivity contribution in [2.75, 3.05) is 7.05 Å². The summed E-state index contributed by atoms with van der Waals surface area (Å²) in [5.41, 5.74) is 2.64. The lowest BCUT2D eigenvalue weighted by Gasteiger charge is -2.38. The van der Waals surface area contributed by atoms with Gasteiger partial charge in [-0.1, -0.05) is 24.3 Å². The topological polar surface area (TPSA) is 32.3 Å². The number of nitrogens with zero attached hydrogens (tertiary/aromatic N) is 1. The molecule has 0 saturated heterocycles. The predicted molar refractivity (Wildman–Crippen MR) is 71.2 cm³/mol. The van der Waals surface area contributed by atoms with Crippen LogP contribution in [0.25, 0.3) is 0 Å². The Bertz CT molecular complexity index is 454. The average Bonchev–Trinajstić information content (AvgIpc) is 2.35. The number of rotatable bonds is 2. The molecule has 1 fully saturated rings. The fourth-order valence-electron chi connectivity index (χ4n) is 2.83. The van der Waals surface area contributed by atoms with Gasteiger partial charge in [-0.25, -0.2) is 0 Å². The molecule has 0 spiro atoms. The van der Waals surface area contributed by atoms with Gasteiger partial charge in [0.25, 0.3) is 0 Å². The highest BCUT2D eigenvalue weighted by atomic mass is 16.2. The van der Waals surface area contributed by atoms with Gasteiger partial charge in [-0.2, -0.15) is 0 Å². The molecule has 0 radical (unpaired) electrons. The van der Waals surface area contributed by atoms with E-state index >= 15 is 0 Å². The quantitative estimate of drug-likeness (QED) is 0.859. The van der Waals surface area contributed by atoms with Crippen molar-refractivity contribution in [3.63, 3.8) is 0 Å². The van der Waals surface area contributed by atoms with Crippen molar-refractivity contribution in [1.29, 1.82) is 0 Å². The van der Waals surface area contributed by atoms with Crippen LogP contribution in [0.15, 0.2) is 24.3 Å². The highest BCUT2D eigenvalue weighted by molar-refractivity contribution is 5.82. The summed E-state index contributed by atoms with van der Waals surface area (Å²) in [5.74, 6) is 0.259. The van der Waals surface area contributed by atoms with Gasteiger partial charge in [0.15, 0.2) is 0 Å². The van der Waals surface area contributed by atoms with E-state index in [1.165, 1.54) is 30.4 Å². The first-order chi connectivity index (χ1) is 8.75. The van der Waals surface area contributed by atoms with Crippen LogP contribution in [-0.2, 0) is 17.8 Å². The van der Waals surface area contributed by atoms with Gasteiger partial charge in [0, 0.05) is 19.6 Å². The molecular weight excluding hydrogens is 224 g/mol. The van der Waals surface area contributed by atoms with Crippen molar-refractivity contribution in [1.82, 2.24) is 10.2 Å². The van der Waals surface area contributed by atoms with Gasteiger partial charge < -0.3 is 10.2 Å². The molecule has 1 heterocycles. The molecule has 1 aliphatic heterocycles. The fraction of sp³-hybridized carbons (Fsp3) is 0.533. The molecule has 1 aromatic rings. The molecule has 1 saturated carbocycles. The van der Waals surface area contributed by atoms with Gasteiger partial charge in [0.2, 0.25) is 5.91 Å². The number of amides is 1. The Morgan fingerprint density at radius 1 is 1.28 bits per heavy atom. The average molecular weight is 244 g/mol. The van der Waals surface area contributed by atoms with Crippen LogP contribution in [0.1, 0.15) is 30.4 Å². The molecule has 1 aromatic carbocycles. The summed E-state index contributed by atoms with van der Waals surface area (Å²) in [4.78, 5) is 14.4. The van der Waals surface area contributed by atoms with Crippen LogP contribution in [0.4, 0.5) is 0 Å². The summed E-state index contributed by atoms with van der Waals surface area (Å²) in [5, 5.41) is 3.37. The van der Waals surface area contributed by atoms with Crippen molar-refractivity contribution >= 4 is 5.91 Å². The minimum atomic E-state index is -0.0366. The summed E-state index contributed by atoms with van der Waals surface area (Å²) < 4.78 is 0. The van der Waals surface area contributed by atoms with E-state index in [9.17, 15) is 4.79 Å². The maximum Gasteiger partial charge on any atom is 0.240 e. The van der Waals surface area contributed by atoms with Gasteiger partial charge in [-0.05, 0) is 36.8 Å². The Balaban J connectivity index is 1.69. The number of fused-ring (bicyclic) bond motifs is 1. The van der Waals surface area contributed by atoms with Crippen molar-refractivity contribution in [2.24, 2.45) is 0 Å². The number of benzene rings is 1. The SMILES string of the molecule is CN(C(=O)[C@@H]1Cc2ccccc2CN1)C1CCC1. The lowest BCUT2D eigenvalue weighted by molar-refractivity contribution is -0.135. The number of hydrogen-bond donors (Lipinski definition) is 1. The molecule has 0 bridgehead atoms. The summed E-state index contributed by atoms with van der Waals surface area (Å²) in [6.07, 6.45) is 4.44. The molecule has 1 N–H and O–H groups in total. The molecule has 96 valence electrons. The maximum atomic E-state index is 12.4. The second kappa shape index (κ2) is 4.73. The van der Waals surface area contributed by atoms with E-state index < -0.39 is 0 Å². The Morgan fingerprint density at radius 2 is 2.00 bits per heavy atom. The van der Waals surface area contributed by atoms with E-state index in [1.54, 1.807) is 0 Å². The summed E-state index contributed by atoms with van der Waals surface area (Å²) in [6.45, 7) is 0.811. The third-order valence-electron chi connectivity index (χ3n) is 4.35. The molecule has 1 aliphatic carbocycles. The zero-order valence-electron chi connectivity index (χ0n) is 10.9. The van der Waals surface area contributed by atoms with E-state index in [4.69, 9.17) is 0 Å². The second-order valence-corrected chi connectivity index (χ2v) is 5.44. The molecule has 1 atom stereocenters. The molecule has 3 nitrogen and oxygen atoms in total. The first kappa shape index (κ1) is 11.7. The molecule has 18 heavy (non-hydrogen) atoms. The van der Waals surface area contributed by atoms with Gasteiger partial charge in [-0.3, -0.25) is 4.79 Å². The molecular formula is C15H20N2O. The third kappa shape index (κ3) is 2.03. The Hall–Kier alpha value is -1.35. The van der Waals surface area contributed by atoms with E-state index in [2.05, 4.69) is 29.6 Å². The Labute approximate surface area is 108 Å². The molecule has 2 aliphatic rings. The number of carbonyl (C=O) groups is 1. The zero-order valence-corrected chi connectivity index (χ0v) is 10.9. The van der Waals surface area contributed by atoms with E-state index in [0.29, 0.717) is 6.04 Å². The fourth-order valence-corrected chi connectivity index (χ4v) is 2.83. The van der Waals surface area contributed by atoms with Gasteiger partial charge in [-0.15, -0.1) is 0 Å². The summed E-state index contributed by atoms with van der Waals surface area (Å²) >= 11 is 0. The Kier molecular flexibility index (Phi) is 3.08. The smallest absolute Gasteiger partial charge is 0.240 e. The van der Waals surface area contributed by atoms with Gasteiger partial charge >= 0.3 is 0 Å². The van der Waals surface area contributed by atoms with Crippen molar-refractivity contribution in [3.05, 3.63) is 35.4 Å². The highest BCUT2D eigenvalue weighted by Crippen LogP contribution is 2.25.